The number of halogens is 6. The number of carbonyl (C=O) groups is 1. The van der Waals surface area contributed by atoms with E-state index in [0.29, 0.717) is 41.7 Å². The molecular formula is C43H48Cl2F4K2N8O13S2. The van der Waals surface area contributed by atoms with Crippen LogP contribution in [0.25, 0.3) is 21.8 Å². The summed E-state index contributed by atoms with van der Waals surface area (Å²) >= 11 is 12.3. The van der Waals surface area contributed by atoms with Crippen molar-refractivity contribution in [1.82, 2.24) is 19.6 Å². The fraction of sp³-hybridized carbons (Fsp3) is 0.372. The number of anilines is 2. The van der Waals surface area contributed by atoms with Crippen LogP contribution in [0.3, 0.4) is 0 Å². The molecule has 2 saturated carbocycles. The Morgan fingerprint density at radius 2 is 1.18 bits per heavy atom. The molecule has 74 heavy (non-hydrogen) atoms. The fourth-order valence-electron chi connectivity index (χ4n) is 6.76. The summed E-state index contributed by atoms with van der Waals surface area (Å²) in [5.74, 6) is 0.992. The SMILES string of the molecule is C.CCc1ccc(OC)cc1.COc1ccc(CN(c2nn(CC(F)F)c3c([N+](=O)[O-])ccc(Cl)c23)S(=O)(=O)C2CC2)cc1.O=CO[O-].O=[N+]([O-])c1ccc(Cl)c2c(NS(=O)(=O)C3CC3)nn(CC(F)F)c12.[H-].[K+].[K+]. The van der Waals surface area contributed by atoms with Crippen molar-refractivity contribution in [2.75, 3.05) is 23.2 Å². The number of ether oxygens (including phenoxy) is 2. The summed E-state index contributed by atoms with van der Waals surface area (Å²) in [4.78, 5) is 32.5. The molecular weight excluding hydrogens is 1130 g/mol. The van der Waals surface area contributed by atoms with Crippen LogP contribution in [0, 0.1) is 20.2 Å². The number of aryl methyl sites for hydroxylation is 1. The Hall–Kier alpha value is -3.28. The Morgan fingerprint density at radius 3 is 1.57 bits per heavy atom. The van der Waals surface area contributed by atoms with Crippen LogP contribution < -0.4 is 127 Å². The van der Waals surface area contributed by atoms with E-state index in [2.05, 4.69) is 38.9 Å². The number of fused-ring (bicyclic) bond motifs is 2. The summed E-state index contributed by atoms with van der Waals surface area (Å²) < 4.78 is 118. The number of nitro benzene ring substituents is 2. The van der Waals surface area contributed by atoms with E-state index in [-0.39, 0.29) is 168 Å². The number of methoxy groups -OCH3 is 2. The van der Waals surface area contributed by atoms with Gasteiger partial charge in [-0.3, -0.25) is 29.7 Å². The Bertz CT molecular complexity index is 3070. The van der Waals surface area contributed by atoms with E-state index < -0.39 is 77.7 Å². The molecule has 6 aromatic rings. The van der Waals surface area contributed by atoms with Gasteiger partial charge in [-0.15, -0.1) is 0 Å². The number of nitro groups is 2. The van der Waals surface area contributed by atoms with Crippen molar-refractivity contribution in [3.8, 4) is 11.5 Å². The van der Waals surface area contributed by atoms with Gasteiger partial charge in [0.1, 0.15) is 35.6 Å². The number of hydrogen-bond donors (Lipinski definition) is 1. The van der Waals surface area contributed by atoms with Gasteiger partial charge >= 0.3 is 103 Å². The van der Waals surface area contributed by atoms with Crippen molar-refractivity contribution in [3.63, 3.8) is 0 Å². The number of nitrogens with zero attached hydrogens (tertiary/aromatic N) is 7. The third-order valence-electron chi connectivity index (χ3n) is 10.4. The van der Waals surface area contributed by atoms with Gasteiger partial charge in [-0.1, -0.05) is 61.8 Å². The molecule has 0 spiro atoms. The van der Waals surface area contributed by atoms with Crippen LogP contribution >= 0.6 is 23.2 Å². The molecule has 394 valence electrons. The minimum atomic E-state index is -3.94. The van der Waals surface area contributed by atoms with Crippen LogP contribution in [0.5, 0.6) is 11.5 Å². The Morgan fingerprint density at radius 1 is 0.757 bits per heavy atom. The van der Waals surface area contributed by atoms with Crippen LogP contribution in [0.2, 0.25) is 10.0 Å². The van der Waals surface area contributed by atoms with Crippen LogP contribution in [-0.4, -0.2) is 90.3 Å². The van der Waals surface area contributed by atoms with Crippen molar-refractivity contribution >= 4 is 94.5 Å². The van der Waals surface area contributed by atoms with Gasteiger partial charge in [-0.05, 0) is 79.6 Å². The number of hydrogen-bond acceptors (Lipinski definition) is 15. The van der Waals surface area contributed by atoms with Gasteiger partial charge in [0.05, 0.1) is 61.9 Å². The molecule has 0 amide bonds. The quantitative estimate of drug-likeness (QED) is 0.0324. The smallest absolute Gasteiger partial charge is 1.00 e. The Balaban J connectivity index is 0.000000586. The summed E-state index contributed by atoms with van der Waals surface area (Å²) in [7, 11) is -4.50. The number of nitrogens with one attached hydrogen (secondary N) is 1. The largest absolute Gasteiger partial charge is 1.00 e. The summed E-state index contributed by atoms with van der Waals surface area (Å²) in [5, 5.41) is 37.7. The number of alkyl halides is 4. The first-order chi connectivity index (χ1) is 33.6. The maximum atomic E-state index is 13.4. The van der Waals surface area contributed by atoms with Gasteiger partial charge in [0.25, 0.3) is 30.7 Å². The maximum Gasteiger partial charge on any atom is 1.00 e. The molecule has 31 heteroatoms. The molecule has 0 radical (unpaired) electrons. The molecule has 4 aromatic carbocycles. The summed E-state index contributed by atoms with van der Waals surface area (Å²) in [5.41, 5.74) is 0.440. The number of benzene rings is 4. The predicted molar refractivity (Wildman–Crippen MR) is 259 cm³/mol. The van der Waals surface area contributed by atoms with Crippen molar-refractivity contribution in [2.45, 2.75) is 89.4 Å². The molecule has 1 N–H and O–H groups in total. The second-order valence-corrected chi connectivity index (χ2v) is 20.2. The topological polar surface area (TPSA) is 273 Å². The first-order valence-corrected chi connectivity index (χ1v) is 24.7. The molecule has 2 aromatic heterocycles. The van der Waals surface area contributed by atoms with Crippen molar-refractivity contribution in [2.24, 2.45) is 0 Å². The van der Waals surface area contributed by atoms with Gasteiger partial charge in [0.2, 0.25) is 20.0 Å². The molecule has 8 rings (SSSR count). The van der Waals surface area contributed by atoms with Gasteiger partial charge in [0.15, 0.2) is 11.6 Å². The van der Waals surface area contributed by atoms with E-state index in [1.807, 2.05) is 12.1 Å². The van der Waals surface area contributed by atoms with Crippen LogP contribution in [0.4, 0.5) is 40.6 Å². The standard InChI is InChI=1S/C20H19ClF2N4O5S.C12H11ClF2N4O4S.C9H12O.CH2O3.CH4.2K.H/c1-32-13-4-2-12(3-5-13)10-26(33(30,31)14-6-7-14)20-18-15(21)8-9-16(27(28)29)19(18)25(24-20)11-17(22)23;13-7-3-4-8(19(20)21)11-10(7)12(16-18(11)5-9(14)15)17-24(22,23)6-1-2-6;1-3-8-4-6-9(10-2)7-5-8;2-1-4-3;;;;/h2-5,8-9,14,17H,6-7,10-11H2,1H3;3-4,6,9H,1-2,5H2,(H,16,17);4-7H,3H2,1-2H3;1,3H;1H4;;;/q;;;;;2*+1;-1/p-1. The molecule has 0 unspecified atom stereocenters. The third-order valence-corrected chi connectivity index (χ3v) is 15.1. The molecule has 2 fully saturated rings. The van der Waals surface area contributed by atoms with Crippen LogP contribution in [0.15, 0.2) is 72.8 Å². The van der Waals surface area contributed by atoms with Crippen LogP contribution in [0.1, 0.15) is 52.6 Å². The van der Waals surface area contributed by atoms with Gasteiger partial charge in [-0.2, -0.15) is 10.2 Å². The number of rotatable bonds is 18. The van der Waals surface area contributed by atoms with E-state index in [9.17, 15) is 54.6 Å². The third kappa shape index (κ3) is 17.4. The van der Waals surface area contributed by atoms with E-state index in [0.717, 1.165) is 33.3 Å². The monoisotopic (exact) mass is 1170 g/mol. The number of carbonyl (C=O) groups excluding carboxylic acids is 1. The van der Waals surface area contributed by atoms with Crippen molar-refractivity contribution in [3.05, 3.63) is 114 Å². The van der Waals surface area contributed by atoms with Gasteiger partial charge in [-0.25, -0.2) is 48.1 Å². The first kappa shape index (κ1) is 66.8. The maximum absolute atomic E-state index is 13.4. The molecule has 0 atom stereocenters. The van der Waals surface area contributed by atoms with E-state index in [1.165, 1.54) is 24.8 Å². The second kappa shape index (κ2) is 30.0. The summed E-state index contributed by atoms with van der Waals surface area (Å²) in [6, 6.07) is 19.4. The zero-order valence-electron chi connectivity index (χ0n) is 40.5. The zero-order valence-corrected chi connectivity index (χ0v) is 48.9. The average molecular weight is 1170 g/mol. The fourth-order valence-corrected chi connectivity index (χ4v) is 10.4. The van der Waals surface area contributed by atoms with Crippen LogP contribution in [-0.2, 0) is 55.8 Å². The Kier molecular flexibility index (Phi) is 27.1. The van der Waals surface area contributed by atoms with E-state index >= 15 is 0 Å². The van der Waals surface area contributed by atoms with E-state index in [1.54, 1.807) is 31.4 Å². The van der Waals surface area contributed by atoms with Crippen molar-refractivity contribution in [1.29, 1.82) is 0 Å². The minimum absolute atomic E-state index is 0. The van der Waals surface area contributed by atoms with Gasteiger partial charge < -0.3 is 21.0 Å². The molecule has 2 heterocycles. The molecule has 2 aliphatic rings. The first-order valence-electron chi connectivity index (χ1n) is 20.9. The second-order valence-electron chi connectivity index (χ2n) is 15.3. The molecule has 0 bridgehead atoms. The number of non-ortho nitro benzene ring substituents is 2. The molecule has 0 saturated heterocycles. The summed E-state index contributed by atoms with van der Waals surface area (Å²) in [6.07, 6.45) is -2.76. The van der Waals surface area contributed by atoms with Crippen molar-refractivity contribution < 1.29 is 173 Å². The van der Waals surface area contributed by atoms with Gasteiger partial charge in [0, 0.05) is 12.1 Å². The molecule has 2 aliphatic carbocycles. The molecule has 21 nitrogen and oxygen atoms in total. The number of aromatic nitrogens is 4. The van der Waals surface area contributed by atoms with E-state index in [4.69, 9.17) is 42.7 Å². The molecule has 0 aliphatic heterocycles. The normalized spacial score (nSPS) is 12.8. The average Bonchev–Trinajstić information content (AvgIpc) is 4.28. The predicted octanol–water partition coefficient (Wildman–Crippen LogP) is 2.59. The summed E-state index contributed by atoms with van der Waals surface area (Å²) in [6.45, 7) is -0.0924. The zero-order chi connectivity index (χ0) is 52.4. The Labute approximate surface area is 518 Å². The number of sulfonamides is 2. The minimum Gasteiger partial charge on any atom is -1.00 e.